The Morgan fingerprint density at radius 2 is 2.13 bits per heavy atom. The highest BCUT2D eigenvalue weighted by molar-refractivity contribution is 6.02. The van der Waals surface area contributed by atoms with Crippen LogP contribution in [0, 0.1) is 12.8 Å². The third-order valence-electron chi connectivity index (χ3n) is 2.76. The van der Waals surface area contributed by atoms with Crippen molar-refractivity contribution >= 4 is 11.8 Å². The van der Waals surface area contributed by atoms with Gasteiger partial charge < -0.3 is 9.52 Å². The minimum Gasteiger partial charge on any atom is -0.475 e. The molecule has 0 aliphatic heterocycles. The Labute approximate surface area is 86.9 Å². The minimum absolute atomic E-state index is 0.00231. The first kappa shape index (κ1) is 9.96. The van der Waals surface area contributed by atoms with E-state index in [1.165, 1.54) is 0 Å². The van der Waals surface area contributed by atoms with Crippen LogP contribution in [0.15, 0.2) is 4.42 Å². The molecule has 0 aromatic carbocycles. The zero-order valence-corrected chi connectivity index (χ0v) is 8.66. The lowest BCUT2D eigenvalue weighted by Crippen LogP contribution is -2.16. The monoisotopic (exact) mass is 208 g/mol. The van der Waals surface area contributed by atoms with Crippen LogP contribution in [-0.4, -0.2) is 16.9 Å². The van der Waals surface area contributed by atoms with Gasteiger partial charge >= 0.3 is 5.97 Å². The van der Waals surface area contributed by atoms with Crippen LogP contribution in [0.2, 0.25) is 0 Å². The normalized spacial score (nSPS) is 20.1. The van der Waals surface area contributed by atoms with Gasteiger partial charge in [-0.05, 0) is 12.8 Å². The molecule has 80 valence electrons. The summed E-state index contributed by atoms with van der Waals surface area (Å²) >= 11 is 0. The molecule has 1 atom stereocenters. The maximum absolute atomic E-state index is 11.7. The number of furan rings is 1. The van der Waals surface area contributed by atoms with Crippen molar-refractivity contribution in [2.24, 2.45) is 5.92 Å². The Morgan fingerprint density at radius 1 is 1.47 bits per heavy atom. The number of carbonyl (C=O) groups excluding carboxylic acids is 1. The van der Waals surface area contributed by atoms with E-state index in [2.05, 4.69) is 0 Å². The van der Waals surface area contributed by atoms with E-state index in [0.717, 1.165) is 0 Å². The molecular weight excluding hydrogens is 196 g/mol. The average molecular weight is 208 g/mol. The van der Waals surface area contributed by atoms with Gasteiger partial charge in [-0.2, -0.15) is 0 Å². The Balaban J connectivity index is 2.57. The van der Waals surface area contributed by atoms with Crippen LogP contribution < -0.4 is 0 Å². The molecule has 0 saturated heterocycles. The number of carbonyl (C=O) groups is 2. The summed E-state index contributed by atoms with van der Waals surface area (Å²) in [7, 11) is 0. The number of ketones is 1. The van der Waals surface area contributed by atoms with E-state index in [4.69, 9.17) is 9.52 Å². The molecule has 1 unspecified atom stereocenters. The van der Waals surface area contributed by atoms with Crippen LogP contribution in [0.1, 0.15) is 45.6 Å². The highest BCUT2D eigenvalue weighted by atomic mass is 16.4. The summed E-state index contributed by atoms with van der Waals surface area (Å²) in [4.78, 5) is 22.5. The van der Waals surface area contributed by atoms with Gasteiger partial charge in [-0.25, -0.2) is 4.79 Å². The number of fused-ring (bicyclic) bond motifs is 1. The summed E-state index contributed by atoms with van der Waals surface area (Å²) in [6.45, 7) is 3.58. The second-order valence-electron chi connectivity index (χ2n) is 4.10. The van der Waals surface area contributed by atoms with Crippen molar-refractivity contribution < 1.29 is 19.1 Å². The van der Waals surface area contributed by atoms with Crippen LogP contribution in [0.3, 0.4) is 0 Å². The SMILES string of the molecule is Cc1c(C(=O)O)oc2c1C(=O)CC(C)C2. The fourth-order valence-corrected chi connectivity index (χ4v) is 2.09. The van der Waals surface area contributed by atoms with E-state index in [1.807, 2.05) is 6.92 Å². The van der Waals surface area contributed by atoms with Crippen molar-refractivity contribution in [3.63, 3.8) is 0 Å². The quantitative estimate of drug-likeness (QED) is 0.766. The number of Topliss-reactive ketones (excluding diaryl/α,β-unsaturated/α-hetero) is 1. The van der Waals surface area contributed by atoms with Crippen molar-refractivity contribution in [3.8, 4) is 0 Å². The summed E-state index contributed by atoms with van der Waals surface area (Å²) in [5, 5.41) is 8.86. The third-order valence-corrected chi connectivity index (χ3v) is 2.76. The molecule has 0 fully saturated rings. The fraction of sp³-hybridized carbons (Fsp3) is 0.455. The van der Waals surface area contributed by atoms with Gasteiger partial charge in [0.25, 0.3) is 0 Å². The average Bonchev–Trinajstić information content (AvgIpc) is 2.42. The van der Waals surface area contributed by atoms with Gasteiger partial charge in [-0.1, -0.05) is 6.92 Å². The summed E-state index contributed by atoms with van der Waals surface area (Å²) in [6, 6.07) is 0. The topological polar surface area (TPSA) is 67.5 Å². The maximum Gasteiger partial charge on any atom is 0.372 e. The van der Waals surface area contributed by atoms with E-state index in [-0.39, 0.29) is 17.5 Å². The van der Waals surface area contributed by atoms with Crippen LogP contribution >= 0.6 is 0 Å². The van der Waals surface area contributed by atoms with Gasteiger partial charge in [0.2, 0.25) is 5.76 Å². The van der Waals surface area contributed by atoms with Crippen molar-refractivity contribution in [3.05, 3.63) is 22.6 Å². The second-order valence-corrected chi connectivity index (χ2v) is 4.10. The summed E-state index contributed by atoms with van der Waals surface area (Å²) in [5.41, 5.74) is 0.958. The van der Waals surface area contributed by atoms with Gasteiger partial charge in [0.15, 0.2) is 5.78 Å². The Hall–Kier alpha value is -1.58. The molecule has 0 saturated carbocycles. The zero-order chi connectivity index (χ0) is 11.2. The standard InChI is InChI=1S/C11H12O4/c1-5-3-7(12)9-6(2)10(11(13)14)15-8(9)4-5/h5H,3-4H2,1-2H3,(H,13,14). The first-order chi connectivity index (χ1) is 7.00. The lowest BCUT2D eigenvalue weighted by atomic mass is 9.87. The van der Waals surface area contributed by atoms with E-state index in [1.54, 1.807) is 6.92 Å². The van der Waals surface area contributed by atoms with Gasteiger partial charge in [-0.15, -0.1) is 0 Å². The van der Waals surface area contributed by atoms with Gasteiger partial charge in [-0.3, -0.25) is 4.79 Å². The molecule has 1 aliphatic rings. The number of carboxylic acid groups (broad SMARTS) is 1. The molecule has 0 radical (unpaired) electrons. The molecule has 4 heteroatoms. The largest absolute Gasteiger partial charge is 0.475 e. The molecule has 1 aliphatic carbocycles. The Bertz CT molecular complexity index is 442. The molecule has 1 aromatic heterocycles. The van der Waals surface area contributed by atoms with Crippen LogP contribution in [-0.2, 0) is 6.42 Å². The predicted molar refractivity (Wildman–Crippen MR) is 52.2 cm³/mol. The number of hydrogen-bond acceptors (Lipinski definition) is 3. The second kappa shape index (κ2) is 3.22. The van der Waals surface area contributed by atoms with Crippen LogP contribution in [0.4, 0.5) is 0 Å². The zero-order valence-electron chi connectivity index (χ0n) is 8.66. The first-order valence-electron chi connectivity index (χ1n) is 4.89. The molecule has 0 amide bonds. The molecule has 1 N–H and O–H groups in total. The lowest BCUT2D eigenvalue weighted by Gasteiger charge is -2.15. The van der Waals surface area contributed by atoms with Gasteiger partial charge in [0.05, 0.1) is 5.56 Å². The van der Waals surface area contributed by atoms with E-state index >= 15 is 0 Å². The maximum atomic E-state index is 11.7. The van der Waals surface area contributed by atoms with Crippen molar-refractivity contribution in [1.29, 1.82) is 0 Å². The van der Waals surface area contributed by atoms with Crippen molar-refractivity contribution in [1.82, 2.24) is 0 Å². The molecule has 2 rings (SSSR count). The molecule has 1 aromatic rings. The molecule has 15 heavy (non-hydrogen) atoms. The minimum atomic E-state index is -1.11. The van der Waals surface area contributed by atoms with Gasteiger partial charge in [0.1, 0.15) is 5.76 Å². The molecule has 0 bridgehead atoms. The van der Waals surface area contributed by atoms with Crippen LogP contribution in [0.5, 0.6) is 0 Å². The third kappa shape index (κ3) is 1.46. The molecule has 4 nitrogen and oxygen atoms in total. The Kier molecular flexibility index (Phi) is 2.14. The van der Waals surface area contributed by atoms with Gasteiger partial charge in [0, 0.05) is 18.4 Å². The first-order valence-corrected chi connectivity index (χ1v) is 4.89. The van der Waals surface area contributed by atoms with Crippen molar-refractivity contribution in [2.45, 2.75) is 26.7 Å². The fourth-order valence-electron chi connectivity index (χ4n) is 2.09. The smallest absolute Gasteiger partial charge is 0.372 e. The number of hydrogen-bond donors (Lipinski definition) is 1. The van der Waals surface area contributed by atoms with E-state index in [9.17, 15) is 9.59 Å². The highest BCUT2D eigenvalue weighted by Crippen LogP contribution is 2.31. The summed E-state index contributed by atoms with van der Waals surface area (Å²) in [5.74, 6) is -0.437. The predicted octanol–water partition coefficient (Wildman–Crippen LogP) is 2.05. The van der Waals surface area contributed by atoms with Crippen molar-refractivity contribution in [2.75, 3.05) is 0 Å². The molecular formula is C11H12O4. The van der Waals surface area contributed by atoms with Crippen LogP contribution in [0.25, 0.3) is 0 Å². The number of aromatic carboxylic acids is 1. The molecule has 1 heterocycles. The molecule has 0 spiro atoms. The summed E-state index contributed by atoms with van der Waals surface area (Å²) in [6.07, 6.45) is 1.13. The number of rotatable bonds is 1. The highest BCUT2D eigenvalue weighted by Gasteiger charge is 2.31. The van der Waals surface area contributed by atoms with E-state index < -0.39 is 5.97 Å². The summed E-state index contributed by atoms with van der Waals surface area (Å²) < 4.78 is 5.22. The Morgan fingerprint density at radius 3 is 2.73 bits per heavy atom. The lowest BCUT2D eigenvalue weighted by molar-refractivity contribution is 0.0658. The van der Waals surface area contributed by atoms with E-state index in [0.29, 0.717) is 29.7 Å². The number of carboxylic acids is 1.